The molecule has 0 saturated carbocycles. The molecule has 118 valence electrons. The number of halogens is 2. The van der Waals surface area contributed by atoms with E-state index in [-0.39, 0.29) is 12.4 Å². The van der Waals surface area contributed by atoms with Gasteiger partial charge in [-0.15, -0.1) is 0 Å². The summed E-state index contributed by atoms with van der Waals surface area (Å²) in [6.45, 7) is 14.2. The average molecular weight is 288 g/mol. The molecule has 0 aliphatic heterocycles. The van der Waals surface area contributed by atoms with Crippen LogP contribution in [0.3, 0.4) is 0 Å². The number of hydrogen-bond donors (Lipinski definition) is 0. The smallest absolute Gasteiger partial charge is 0.200 e. The van der Waals surface area contributed by atoms with E-state index in [0.717, 1.165) is 12.5 Å². The Bertz CT molecular complexity index is 323. The summed E-state index contributed by atoms with van der Waals surface area (Å²) in [6, 6.07) is 3.87. The quantitative estimate of drug-likeness (QED) is 0.583. The molecular weight excluding hydrogens is 258 g/mol. The molecule has 1 aromatic rings. The van der Waals surface area contributed by atoms with Gasteiger partial charge >= 0.3 is 0 Å². The highest BCUT2D eigenvalue weighted by molar-refractivity contribution is 5.25. The Hall–Kier alpha value is -1.38. The van der Waals surface area contributed by atoms with Crippen LogP contribution in [0.4, 0.5) is 8.78 Å². The Labute approximate surface area is 123 Å². The van der Waals surface area contributed by atoms with Gasteiger partial charge in [0.25, 0.3) is 0 Å². The van der Waals surface area contributed by atoms with Crippen LogP contribution in [0, 0.1) is 11.6 Å². The van der Waals surface area contributed by atoms with Crippen molar-refractivity contribution in [2.45, 2.75) is 54.9 Å². The first-order chi connectivity index (χ1) is 9.75. The van der Waals surface area contributed by atoms with Gasteiger partial charge in [-0.3, -0.25) is 0 Å². The molecule has 0 saturated heterocycles. The predicted octanol–water partition coefficient (Wildman–Crippen LogP) is 6.39. The Morgan fingerprint density at radius 1 is 0.950 bits per heavy atom. The van der Waals surface area contributed by atoms with Crippen LogP contribution in [0.1, 0.15) is 54.9 Å². The van der Waals surface area contributed by atoms with E-state index in [1.165, 1.54) is 12.1 Å². The highest BCUT2D eigenvalue weighted by Gasteiger charge is 2.07. The molecule has 0 aliphatic rings. The Morgan fingerprint density at radius 3 is 2.00 bits per heavy atom. The zero-order valence-corrected chi connectivity index (χ0v) is 14.0. The summed E-state index contributed by atoms with van der Waals surface area (Å²) < 4.78 is 30.7. The minimum absolute atomic E-state index is 0.0502. The summed E-state index contributed by atoms with van der Waals surface area (Å²) in [6.07, 6.45) is 4.57. The maximum Gasteiger partial charge on any atom is 0.200 e. The molecule has 0 unspecified atom stereocenters. The SMILES string of the molecule is CC.CC.CC.CC/C=C/COc1cccc(F)c1F. The van der Waals surface area contributed by atoms with Crippen LogP contribution in [-0.2, 0) is 0 Å². The van der Waals surface area contributed by atoms with Crippen molar-refractivity contribution in [1.29, 1.82) is 0 Å². The molecule has 0 spiro atoms. The average Bonchev–Trinajstić information content (AvgIpc) is 2.54. The summed E-state index contributed by atoms with van der Waals surface area (Å²) >= 11 is 0. The van der Waals surface area contributed by atoms with Gasteiger partial charge in [0.05, 0.1) is 0 Å². The highest BCUT2D eigenvalue weighted by Crippen LogP contribution is 2.18. The van der Waals surface area contributed by atoms with Crippen LogP contribution >= 0.6 is 0 Å². The van der Waals surface area contributed by atoms with Gasteiger partial charge < -0.3 is 4.74 Å². The monoisotopic (exact) mass is 288 g/mol. The summed E-state index contributed by atoms with van der Waals surface area (Å²) in [4.78, 5) is 0. The van der Waals surface area contributed by atoms with Crippen molar-refractivity contribution in [3.63, 3.8) is 0 Å². The van der Waals surface area contributed by atoms with Crippen molar-refractivity contribution in [2.24, 2.45) is 0 Å². The molecule has 1 rings (SSSR count). The molecule has 0 aliphatic carbocycles. The minimum atomic E-state index is -0.933. The highest BCUT2D eigenvalue weighted by atomic mass is 19.2. The van der Waals surface area contributed by atoms with Gasteiger partial charge in [0.2, 0.25) is 5.82 Å². The molecule has 0 N–H and O–H groups in total. The number of ether oxygens (including phenoxy) is 1. The first-order valence-electron chi connectivity index (χ1n) is 7.47. The van der Waals surface area contributed by atoms with E-state index in [1.54, 1.807) is 6.08 Å². The molecule has 0 bridgehead atoms. The van der Waals surface area contributed by atoms with Gasteiger partial charge in [0, 0.05) is 0 Å². The third kappa shape index (κ3) is 11.7. The Kier molecular flexibility index (Phi) is 23.6. The maximum absolute atomic E-state index is 13.0. The van der Waals surface area contributed by atoms with Gasteiger partial charge in [-0.05, 0) is 18.6 Å². The first-order valence-corrected chi connectivity index (χ1v) is 7.47. The molecule has 20 heavy (non-hydrogen) atoms. The molecule has 1 aromatic carbocycles. The van der Waals surface area contributed by atoms with Gasteiger partial charge in [-0.2, -0.15) is 4.39 Å². The lowest BCUT2D eigenvalue weighted by Gasteiger charge is -2.04. The summed E-state index contributed by atoms with van der Waals surface area (Å²) in [5.74, 6) is -1.87. The number of allylic oxidation sites excluding steroid dienone is 1. The van der Waals surface area contributed by atoms with Crippen LogP contribution in [0.2, 0.25) is 0 Å². The fourth-order valence-electron chi connectivity index (χ4n) is 0.968. The summed E-state index contributed by atoms with van der Waals surface area (Å²) in [5, 5.41) is 0. The van der Waals surface area contributed by atoms with Crippen LogP contribution in [-0.4, -0.2) is 6.61 Å². The number of benzene rings is 1. The lowest BCUT2D eigenvalue weighted by molar-refractivity contribution is 0.332. The van der Waals surface area contributed by atoms with E-state index in [2.05, 4.69) is 0 Å². The van der Waals surface area contributed by atoms with Gasteiger partial charge in [0.1, 0.15) is 6.61 Å². The topological polar surface area (TPSA) is 9.23 Å². The second-order valence-corrected chi connectivity index (χ2v) is 2.74. The number of rotatable bonds is 4. The Morgan fingerprint density at radius 2 is 1.50 bits per heavy atom. The van der Waals surface area contributed by atoms with Crippen LogP contribution in [0.5, 0.6) is 5.75 Å². The van der Waals surface area contributed by atoms with E-state index in [0.29, 0.717) is 0 Å². The molecule has 0 amide bonds. The minimum Gasteiger partial charge on any atom is -0.486 e. The zero-order valence-electron chi connectivity index (χ0n) is 14.0. The Balaban J connectivity index is -0.000000425. The van der Waals surface area contributed by atoms with E-state index in [1.807, 2.05) is 54.5 Å². The normalized spacial score (nSPS) is 8.45. The van der Waals surface area contributed by atoms with Crippen molar-refractivity contribution in [2.75, 3.05) is 6.61 Å². The molecule has 0 atom stereocenters. The molecule has 0 aromatic heterocycles. The third-order valence-electron chi connectivity index (χ3n) is 1.65. The second kappa shape index (κ2) is 19.9. The first kappa shape index (κ1) is 23.7. The van der Waals surface area contributed by atoms with Crippen LogP contribution < -0.4 is 4.74 Å². The zero-order chi connectivity index (χ0) is 16.4. The maximum atomic E-state index is 13.0. The van der Waals surface area contributed by atoms with Crippen LogP contribution in [0.15, 0.2) is 30.4 Å². The summed E-state index contributed by atoms with van der Waals surface area (Å²) in [7, 11) is 0. The third-order valence-corrected chi connectivity index (χ3v) is 1.65. The molecule has 0 fully saturated rings. The fourth-order valence-corrected chi connectivity index (χ4v) is 0.968. The van der Waals surface area contributed by atoms with E-state index < -0.39 is 11.6 Å². The second-order valence-electron chi connectivity index (χ2n) is 2.74. The van der Waals surface area contributed by atoms with Crippen molar-refractivity contribution in [3.8, 4) is 5.75 Å². The van der Waals surface area contributed by atoms with Crippen molar-refractivity contribution >= 4 is 0 Å². The molecule has 3 heteroatoms. The van der Waals surface area contributed by atoms with Crippen molar-refractivity contribution in [3.05, 3.63) is 42.0 Å². The number of hydrogen-bond acceptors (Lipinski definition) is 1. The molecule has 1 nitrogen and oxygen atoms in total. The van der Waals surface area contributed by atoms with Gasteiger partial charge in [-0.25, -0.2) is 4.39 Å². The van der Waals surface area contributed by atoms with Crippen molar-refractivity contribution in [1.82, 2.24) is 0 Å². The van der Waals surface area contributed by atoms with Gasteiger partial charge in [0.15, 0.2) is 11.6 Å². The summed E-state index contributed by atoms with van der Waals surface area (Å²) in [5.41, 5.74) is 0. The lowest BCUT2D eigenvalue weighted by Crippen LogP contribution is -1.97. The largest absolute Gasteiger partial charge is 0.486 e. The predicted molar refractivity (Wildman–Crippen MR) is 85.3 cm³/mol. The van der Waals surface area contributed by atoms with E-state index in [4.69, 9.17) is 4.74 Å². The standard InChI is InChI=1S/C11H12F2O.3C2H6/c1-2-3-4-8-14-10-7-5-6-9(12)11(10)13;3*1-2/h3-7H,2,8H2,1H3;3*1-2H3/b4-3+;;;. The van der Waals surface area contributed by atoms with Gasteiger partial charge in [-0.1, -0.05) is 66.7 Å². The molecular formula is C17H30F2O. The van der Waals surface area contributed by atoms with E-state index >= 15 is 0 Å². The molecule has 0 heterocycles. The molecule has 0 radical (unpaired) electrons. The lowest BCUT2D eigenvalue weighted by atomic mass is 10.3. The van der Waals surface area contributed by atoms with E-state index in [9.17, 15) is 8.78 Å². The fraction of sp³-hybridized carbons (Fsp3) is 0.529. The van der Waals surface area contributed by atoms with Crippen LogP contribution in [0.25, 0.3) is 0 Å². The van der Waals surface area contributed by atoms with Crippen molar-refractivity contribution < 1.29 is 13.5 Å².